The van der Waals surface area contributed by atoms with Crippen LogP contribution in [0.3, 0.4) is 0 Å². The molecule has 0 spiro atoms. The quantitative estimate of drug-likeness (QED) is 0.326. The van der Waals surface area contributed by atoms with Crippen molar-refractivity contribution in [2.45, 2.75) is 11.5 Å². The summed E-state index contributed by atoms with van der Waals surface area (Å²) in [6, 6.07) is 18.0. The fraction of sp³-hybridized carbons (Fsp3) is 0.0500. The van der Waals surface area contributed by atoms with E-state index in [1.807, 2.05) is 0 Å². The standard InChI is InChI=1S/C20H14N2O6S/c21-13-20(29(25,26)19-4-2-1-3-5-19)12-17-10-11-18(28-17)14-27-16-8-6-15(7-9-16)22(23)24/h1-12H,14H2. The van der Waals surface area contributed by atoms with Crippen LogP contribution in [0.15, 0.2) is 80.9 Å². The molecule has 146 valence electrons. The zero-order valence-corrected chi connectivity index (χ0v) is 15.7. The summed E-state index contributed by atoms with van der Waals surface area (Å²) in [6.07, 6.45) is 1.15. The molecular weight excluding hydrogens is 396 g/mol. The van der Waals surface area contributed by atoms with E-state index in [-0.39, 0.29) is 22.9 Å². The van der Waals surface area contributed by atoms with Crippen molar-refractivity contribution in [3.05, 3.63) is 93.3 Å². The Balaban J connectivity index is 1.73. The van der Waals surface area contributed by atoms with Gasteiger partial charge in [-0.3, -0.25) is 10.1 Å². The molecule has 0 unspecified atom stereocenters. The van der Waals surface area contributed by atoms with Gasteiger partial charge < -0.3 is 9.15 Å². The minimum absolute atomic E-state index is 0.0149. The molecule has 0 bridgehead atoms. The van der Waals surface area contributed by atoms with E-state index in [0.29, 0.717) is 11.5 Å². The Bertz CT molecular complexity index is 1190. The number of nitro groups is 1. The maximum atomic E-state index is 12.6. The van der Waals surface area contributed by atoms with Crippen LogP contribution in [0.25, 0.3) is 6.08 Å². The highest BCUT2D eigenvalue weighted by Gasteiger charge is 2.21. The van der Waals surface area contributed by atoms with Crippen molar-refractivity contribution < 1.29 is 22.5 Å². The highest BCUT2D eigenvalue weighted by molar-refractivity contribution is 7.95. The number of allylic oxidation sites excluding steroid dienone is 1. The summed E-state index contributed by atoms with van der Waals surface area (Å²) in [7, 11) is -3.95. The van der Waals surface area contributed by atoms with Crippen LogP contribution < -0.4 is 4.74 Å². The summed E-state index contributed by atoms with van der Waals surface area (Å²) in [5.41, 5.74) is -0.0496. The van der Waals surface area contributed by atoms with Crippen molar-refractivity contribution in [2.24, 2.45) is 0 Å². The Kier molecular flexibility index (Phi) is 5.76. The Morgan fingerprint density at radius 2 is 1.79 bits per heavy atom. The summed E-state index contributed by atoms with van der Waals surface area (Å²) >= 11 is 0. The molecule has 0 amide bonds. The fourth-order valence-electron chi connectivity index (χ4n) is 2.39. The van der Waals surface area contributed by atoms with Crippen molar-refractivity contribution in [3.63, 3.8) is 0 Å². The van der Waals surface area contributed by atoms with Crippen LogP contribution in [0.2, 0.25) is 0 Å². The molecule has 2 aromatic carbocycles. The van der Waals surface area contributed by atoms with Crippen molar-refractivity contribution in [2.75, 3.05) is 0 Å². The van der Waals surface area contributed by atoms with Gasteiger partial charge in [0.05, 0.1) is 9.82 Å². The minimum atomic E-state index is -3.95. The van der Waals surface area contributed by atoms with Gasteiger partial charge in [-0.25, -0.2) is 8.42 Å². The van der Waals surface area contributed by atoms with E-state index in [1.165, 1.54) is 42.5 Å². The molecule has 0 aliphatic heterocycles. The van der Waals surface area contributed by atoms with E-state index in [9.17, 15) is 23.8 Å². The van der Waals surface area contributed by atoms with Gasteiger partial charge in [0, 0.05) is 18.2 Å². The zero-order valence-electron chi connectivity index (χ0n) is 14.9. The van der Waals surface area contributed by atoms with Crippen LogP contribution in [-0.2, 0) is 16.4 Å². The summed E-state index contributed by atoms with van der Waals surface area (Å²) in [5, 5.41) is 19.9. The molecule has 29 heavy (non-hydrogen) atoms. The second-order valence-corrected chi connectivity index (χ2v) is 7.70. The van der Waals surface area contributed by atoms with Gasteiger partial charge in [0.25, 0.3) is 5.69 Å². The Morgan fingerprint density at radius 3 is 2.41 bits per heavy atom. The number of hydrogen-bond donors (Lipinski definition) is 0. The summed E-state index contributed by atoms with van der Waals surface area (Å²) < 4.78 is 36.1. The molecule has 3 rings (SSSR count). The minimum Gasteiger partial charge on any atom is -0.486 e. The highest BCUT2D eigenvalue weighted by atomic mass is 32.2. The first kappa shape index (κ1) is 19.9. The van der Waals surface area contributed by atoms with E-state index in [2.05, 4.69) is 0 Å². The molecule has 0 saturated carbocycles. The highest BCUT2D eigenvalue weighted by Crippen LogP contribution is 2.23. The number of ether oxygens (including phenoxy) is 1. The van der Waals surface area contributed by atoms with E-state index in [0.717, 1.165) is 6.08 Å². The average Bonchev–Trinajstić information content (AvgIpc) is 3.19. The third-order valence-corrected chi connectivity index (χ3v) is 5.52. The number of hydrogen-bond acceptors (Lipinski definition) is 7. The Hall–Kier alpha value is -3.90. The summed E-state index contributed by atoms with van der Waals surface area (Å²) in [5.74, 6) is 0.987. The number of nitriles is 1. The molecular formula is C20H14N2O6S. The average molecular weight is 410 g/mol. The van der Waals surface area contributed by atoms with Crippen LogP contribution >= 0.6 is 0 Å². The number of sulfone groups is 1. The van der Waals surface area contributed by atoms with Crippen LogP contribution in [-0.4, -0.2) is 13.3 Å². The first-order chi connectivity index (χ1) is 13.9. The SMILES string of the molecule is N#CC(=Cc1ccc(COc2ccc([N+](=O)[O-])cc2)o1)S(=O)(=O)c1ccccc1. The van der Waals surface area contributed by atoms with Gasteiger partial charge in [0.1, 0.15) is 29.9 Å². The molecule has 1 heterocycles. The Labute approximate surface area is 166 Å². The molecule has 0 saturated heterocycles. The van der Waals surface area contributed by atoms with E-state index < -0.39 is 19.7 Å². The molecule has 0 radical (unpaired) electrons. The maximum Gasteiger partial charge on any atom is 0.269 e. The third kappa shape index (κ3) is 4.69. The second-order valence-electron chi connectivity index (χ2n) is 5.78. The molecule has 0 N–H and O–H groups in total. The first-order valence-electron chi connectivity index (χ1n) is 8.28. The molecule has 0 aliphatic carbocycles. The lowest BCUT2D eigenvalue weighted by Crippen LogP contribution is -2.03. The van der Waals surface area contributed by atoms with Crippen molar-refractivity contribution in [1.29, 1.82) is 5.26 Å². The second kappa shape index (κ2) is 8.41. The topological polar surface area (TPSA) is 123 Å². The largest absolute Gasteiger partial charge is 0.486 e. The molecule has 1 aromatic heterocycles. The maximum absolute atomic E-state index is 12.6. The van der Waals surface area contributed by atoms with E-state index in [1.54, 1.807) is 30.3 Å². The summed E-state index contributed by atoms with van der Waals surface area (Å²) in [6.45, 7) is 0.0268. The molecule has 9 heteroatoms. The number of nitrogens with zero attached hydrogens (tertiary/aromatic N) is 2. The van der Waals surface area contributed by atoms with Crippen molar-refractivity contribution in [3.8, 4) is 11.8 Å². The molecule has 0 aliphatic rings. The van der Waals surface area contributed by atoms with E-state index in [4.69, 9.17) is 9.15 Å². The predicted molar refractivity (Wildman–Crippen MR) is 103 cm³/mol. The lowest BCUT2D eigenvalue weighted by Gasteiger charge is -2.03. The van der Waals surface area contributed by atoms with Gasteiger partial charge in [-0.1, -0.05) is 18.2 Å². The lowest BCUT2D eigenvalue weighted by atomic mass is 10.3. The predicted octanol–water partition coefficient (Wildman–Crippen LogP) is 4.11. The van der Waals surface area contributed by atoms with Crippen molar-refractivity contribution >= 4 is 21.6 Å². The van der Waals surface area contributed by atoms with E-state index >= 15 is 0 Å². The third-order valence-electron chi connectivity index (χ3n) is 3.84. The van der Waals surface area contributed by atoms with Crippen LogP contribution in [0.5, 0.6) is 5.75 Å². The molecule has 3 aromatic rings. The number of nitro benzene ring substituents is 1. The fourth-order valence-corrected chi connectivity index (χ4v) is 3.55. The smallest absolute Gasteiger partial charge is 0.269 e. The number of furan rings is 1. The Morgan fingerprint density at radius 1 is 1.10 bits per heavy atom. The first-order valence-corrected chi connectivity index (χ1v) is 9.76. The lowest BCUT2D eigenvalue weighted by molar-refractivity contribution is -0.384. The van der Waals surface area contributed by atoms with Gasteiger partial charge in [-0.05, 0) is 36.4 Å². The van der Waals surface area contributed by atoms with Gasteiger partial charge in [-0.15, -0.1) is 0 Å². The van der Waals surface area contributed by atoms with Crippen LogP contribution in [0.4, 0.5) is 5.69 Å². The number of benzene rings is 2. The van der Waals surface area contributed by atoms with Crippen LogP contribution in [0.1, 0.15) is 11.5 Å². The summed E-state index contributed by atoms with van der Waals surface area (Å²) in [4.78, 5) is 9.71. The number of rotatable bonds is 7. The molecule has 0 fully saturated rings. The van der Waals surface area contributed by atoms with Crippen molar-refractivity contribution in [1.82, 2.24) is 0 Å². The van der Waals surface area contributed by atoms with Gasteiger partial charge in [-0.2, -0.15) is 5.26 Å². The molecule has 0 atom stereocenters. The normalized spacial score (nSPS) is 11.6. The van der Waals surface area contributed by atoms with Gasteiger partial charge in [0.2, 0.25) is 9.84 Å². The zero-order chi connectivity index (χ0) is 20.9. The number of non-ortho nitro benzene ring substituents is 1. The van der Waals surface area contributed by atoms with Gasteiger partial charge >= 0.3 is 0 Å². The monoisotopic (exact) mass is 410 g/mol. The molecule has 8 nitrogen and oxygen atoms in total. The van der Waals surface area contributed by atoms with Crippen LogP contribution in [0, 0.1) is 21.4 Å². The van der Waals surface area contributed by atoms with Gasteiger partial charge in [0.15, 0.2) is 4.91 Å².